The first-order chi connectivity index (χ1) is 20.0. The van der Waals surface area contributed by atoms with Gasteiger partial charge in [-0.05, 0) is 51.5 Å². The van der Waals surface area contributed by atoms with Crippen molar-refractivity contribution >= 4 is 41.2 Å². The zero-order chi connectivity index (χ0) is 32.1. The van der Waals surface area contributed by atoms with Crippen molar-refractivity contribution in [1.29, 1.82) is 0 Å². The number of pyridine rings is 1. The van der Waals surface area contributed by atoms with E-state index in [1.54, 1.807) is 53.7 Å². The topological polar surface area (TPSA) is 156 Å². The summed E-state index contributed by atoms with van der Waals surface area (Å²) in [6, 6.07) is 0.0300. The van der Waals surface area contributed by atoms with Gasteiger partial charge in [-0.15, -0.1) is 0 Å². The van der Waals surface area contributed by atoms with Gasteiger partial charge in [0.15, 0.2) is 0 Å². The fourth-order valence-electron chi connectivity index (χ4n) is 4.69. The average molecular weight is 622 g/mol. The van der Waals surface area contributed by atoms with Crippen LogP contribution >= 0.6 is 11.6 Å². The predicted molar refractivity (Wildman–Crippen MR) is 159 cm³/mol. The molecule has 0 radical (unpaired) electrons. The molecule has 1 saturated heterocycles. The lowest BCUT2D eigenvalue weighted by Gasteiger charge is -2.35. The van der Waals surface area contributed by atoms with E-state index in [0.717, 1.165) is 12.8 Å². The van der Waals surface area contributed by atoms with Crippen LogP contribution in [-0.2, 0) is 23.9 Å². The van der Waals surface area contributed by atoms with Gasteiger partial charge in [-0.3, -0.25) is 19.2 Å². The lowest BCUT2D eigenvalue weighted by atomic mass is 9.85. The number of halogens is 1. The zero-order valence-corrected chi connectivity index (χ0v) is 26.7. The zero-order valence-electron chi connectivity index (χ0n) is 26.0. The third-order valence-electron chi connectivity index (χ3n) is 6.96. The summed E-state index contributed by atoms with van der Waals surface area (Å²) in [5, 5.41) is 8.49. The van der Waals surface area contributed by atoms with Gasteiger partial charge in [0.05, 0.1) is 17.6 Å². The van der Waals surface area contributed by atoms with Crippen LogP contribution in [0.5, 0.6) is 5.88 Å². The highest BCUT2D eigenvalue weighted by atomic mass is 35.5. The van der Waals surface area contributed by atoms with Gasteiger partial charge in [-0.1, -0.05) is 45.7 Å². The third-order valence-corrected chi connectivity index (χ3v) is 7.18. The Morgan fingerprint density at radius 3 is 2.28 bits per heavy atom. The molecule has 2 aliphatic rings. The molecule has 3 rings (SSSR count). The van der Waals surface area contributed by atoms with Gasteiger partial charge in [-0.2, -0.15) is 0 Å². The van der Waals surface area contributed by atoms with Gasteiger partial charge >= 0.3 is 6.09 Å². The molecule has 3 N–H and O–H groups in total. The molecule has 13 heteroatoms. The van der Waals surface area contributed by atoms with E-state index in [-0.39, 0.29) is 31.3 Å². The second kappa shape index (κ2) is 13.9. The minimum atomic E-state index is -1.05. The Balaban J connectivity index is 1.86. The number of hydrogen-bond donors (Lipinski definition) is 3. The summed E-state index contributed by atoms with van der Waals surface area (Å²) in [5.74, 6) is -2.31. The molecular formula is C30H44ClN5O7. The second-order valence-electron chi connectivity index (χ2n) is 13.2. The lowest BCUT2D eigenvalue weighted by Crippen LogP contribution is -2.59. The Hall–Kier alpha value is -3.41. The summed E-state index contributed by atoms with van der Waals surface area (Å²) >= 11 is 5.95. The Bertz CT molecular complexity index is 1190. The van der Waals surface area contributed by atoms with E-state index >= 15 is 0 Å². The highest BCUT2D eigenvalue weighted by Crippen LogP contribution is 2.29. The van der Waals surface area contributed by atoms with Crippen LogP contribution in [0.3, 0.4) is 0 Å². The predicted octanol–water partition coefficient (Wildman–Crippen LogP) is 3.16. The van der Waals surface area contributed by atoms with Crippen molar-refractivity contribution in [2.75, 3.05) is 6.54 Å². The molecule has 1 saturated carbocycles. The standard InChI is InChI=1S/C30H44ClN5O7/c1-8-9-20(23(37)26(39)33-18-11-12-18)34-25(38)21-14-19(42-22-13-10-17(31)15-32-22)16-36(21)27(40)24(29(2,3)4)35-28(41)43-30(5,6)7/h10,13,15,18-21,24H,8-9,11-12,14,16H2,1-7H3,(H,33,39)(H,34,38)(H,35,41)/t19-,20?,21-,24?/m0/s1. The molecule has 2 unspecified atom stereocenters. The van der Waals surface area contributed by atoms with Gasteiger partial charge < -0.3 is 30.3 Å². The van der Waals surface area contributed by atoms with Crippen molar-refractivity contribution < 1.29 is 33.4 Å². The number of aromatic nitrogens is 1. The van der Waals surface area contributed by atoms with Crippen LogP contribution in [0, 0.1) is 5.41 Å². The number of nitrogens with one attached hydrogen (secondary N) is 3. The molecule has 2 heterocycles. The number of Topliss-reactive ketones (excluding diaryl/α,β-unsaturated/α-hetero) is 1. The summed E-state index contributed by atoms with van der Waals surface area (Å²) in [4.78, 5) is 71.5. The highest BCUT2D eigenvalue weighted by Gasteiger charge is 2.47. The number of ketones is 1. The molecular weight excluding hydrogens is 578 g/mol. The number of carbonyl (C=O) groups is 5. The van der Waals surface area contributed by atoms with Crippen molar-refractivity contribution in [3.63, 3.8) is 0 Å². The minimum absolute atomic E-state index is 0.0106. The normalized spacial score (nSPS) is 20.0. The number of carbonyl (C=O) groups excluding carboxylic acids is 5. The summed E-state index contributed by atoms with van der Waals surface area (Å²) < 4.78 is 11.4. The van der Waals surface area contributed by atoms with Crippen molar-refractivity contribution in [3.8, 4) is 5.88 Å². The maximum atomic E-state index is 14.1. The number of likely N-dealkylation sites (tertiary alicyclic amines) is 1. The summed E-state index contributed by atoms with van der Waals surface area (Å²) in [7, 11) is 0. The van der Waals surface area contributed by atoms with Crippen LogP contribution in [0.1, 0.15) is 80.6 Å². The maximum absolute atomic E-state index is 14.1. The molecule has 0 spiro atoms. The van der Waals surface area contributed by atoms with Crippen LogP contribution in [0.15, 0.2) is 18.3 Å². The van der Waals surface area contributed by atoms with Crippen molar-refractivity contribution in [1.82, 2.24) is 25.8 Å². The molecule has 1 aromatic heterocycles. The molecule has 0 bridgehead atoms. The van der Waals surface area contributed by atoms with Crippen molar-refractivity contribution in [2.45, 2.75) is 116 Å². The SMILES string of the molecule is CCCC(NC(=O)[C@@H]1C[C@H](Oc2ccc(Cl)cn2)CN1C(=O)C(NC(=O)OC(C)(C)C)C(C)(C)C)C(=O)C(=O)NC1CC1. The van der Waals surface area contributed by atoms with E-state index in [1.165, 1.54) is 11.1 Å². The molecule has 0 aromatic carbocycles. The quantitative estimate of drug-likeness (QED) is 0.318. The van der Waals surface area contributed by atoms with Gasteiger partial charge in [0.25, 0.3) is 5.91 Å². The van der Waals surface area contributed by atoms with E-state index < -0.39 is 64.8 Å². The molecule has 43 heavy (non-hydrogen) atoms. The maximum Gasteiger partial charge on any atom is 0.408 e. The van der Waals surface area contributed by atoms with Gasteiger partial charge in [0.2, 0.25) is 23.5 Å². The van der Waals surface area contributed by atoms with Gasteiger partial charge in [-0.25, -0.2) is 9.78 Å². The van der Waals surface area contributed by atoms with Crippen LogP contribution in [0.25, 0.3) is 0 Å². The molecule has 12 nitrogen and oxygen atoms in total. The minimum Gasteiger partial charge on any atom is -0.472 e. The van der Waals surface area contributed by atoms with Crippen LogP contribution < -0.4 is 20.7 Å². The Kier molecular flexibility index (Phi) is 11.0. The van der Waals surface area contributed by atoms with Crippen LogP contribution in [0.2, 0.25) is 5.02 Å². The first kappa shape index (κ1) is 34.1. The van der Waals surface area contributed by atoms with E-state index in [1.807, 2.05) is 6.92 Å². The largest absolute Gasteiger partial charge is 0.472 e. The Morgan fingerprint density at radius 1 is 1.07 bits per heavy atom. The second-order valence-corrected chi connectivity index (χ2v) is 13.6. The lowest BCUT2D eigenvalue weighted by molar-refractivity contribution is -0.144. The third kappa shape index (κ3) is 10.1. The van der Waals surface area contributed by atoms with E-state index in [9.17, 15) is 24.0 Å². The fraction of sp³-hybridized carbons (Fsp3) is 0.667. The fourth-order valence-corrected chi connectivity index (χ4v) is 4.80. The van der Waals surface area contributed by atoms with Gasteiger partial charge in [0.1, 0.15) is 23.8 Å². The number of rotatable bonds is 11. The van der Waals surface area contributed by atoms with E-state index in [4.69, 9.17) is 21.1 Å². The summed E-state index contributed by atoms with van der Waals surface area (Å²) in [6.07, 6.45) is 2.55. The molecule has 1 aliphatic carbocycles. The first-order valence-electron chi connectivity index (χ1n) is 14.7. The summed E-state index contributed by atoms with van der Waals surface area (Å²) in [5.41, 5.74) is -1.55. The van der Waals surface area contributed by atoms with Crippen LogP contribution in [0.4, 0.5) is 4.79 Å². The molecule has 4 atom stereocenters. The molecule has 4 amide bonds. The smallest absolute Gasteiger partial charge is 0.408 e. The monoisotopic (exact) mass is 621 g/mol. The Labute approximate surface area is 258 Å². The number of alkyl carbamates (subject to hydrolysis) is 1. The number of hydrogen-bond acceptors (Lipinski definition) is 8. The highest BCUT2D eigenvalue weighted by molar-refractivity contribution is 6.38. The molecule has 1 aliphatic heterocycles. The number of nitrogens with zero attached hydrogens (tertiary/aromatic N) is 2. The Morgan fingerprint density at radius 2 is 1.74 bits per heavy atom. The first-order valence-corrected chi connectivity index (χ1v) is 15.1. The van der Waals surface area contributed by atoms with Crippen LogP contribution in [-0.4, -0.2) is 81.9 Å². The van der Waals surface area contributed by atoms with Crippen molar-refractivity contribution in [3.05, 3.63) is 23.4 Å². The number of amides is 4. The molecule has 238 valence electrons. The molecule has 1 aromatic rings. The van der Waals surface area contributed by atoms with E-state index in [2.05, 4.69) is 20.9 Å². The number of ether oxygens (including phenoxy) is 2. The van der Waals surface area contributed by atoms with E-state index in [0.29, 0.717) is 11.4 Å². The molecule has 2 fully saturated rings. The summed E-state index contributed by atoms with van der Waals surface area (Å²) in [6.45, 7) is 12.4. The average Bonchev–Trinajstić information content (AvgIpc) is 3.61. The van der Waals surface area contributed by atoms with Gasteiger partial charge in [0, 0.05) is 24.7 Å². The van der Waals surface area contributed by atoms with Crippen molar-refractivity contribution in [2.24, 2.45) is 5.41 Å².